The molecule has 7 heteroatoms. The van der Waals surface area contributed by atoms with Crippen LogP contribution in [0.25, 0.3) is 0 Å². The van der Waals surface area contributed by atoms with Crippen molar-refractivity contribution in [3.8, 4) is 0 Å². The Kier molecular flexibility index (Phi) is 5.09. The lowest BCUT2D eigenvalue weighted by atomic mass is 9.98. The molecule has 5 nitrogen and oxygen atoms in total. The first-order valence-electron chi connectivity index (χ1n) is 7.60. The summed E-state index contributed by atoms with van der Waals surface area (Å²) in [6.45, 7) is 3.35. The third-order valence-corrected chi connectivity index (χ3v) is 5.74. The molecule has 2 aromatic heterocycles. The maximum absolute atomic E-state index is 12.2. The molecule has 23 heavy (non-hydrogen) atoms. The zero-order valence-electron chi connectivity index (χ0n) is 12.9. The summed E-state index contributed by atoms with van der Waals surface area (Å²) < 4.78 is 0. The van der Waals surface area contributed by atoms with Crippen LogP contribution in [0.4, 0.5) is 4.79 Å². The summed E-state index contributed by atoms with van der Waals surface area (Å²) in [7, 11) is 0. The average molecular weight is 349 g/mol. The van der Waals surface area contributed by atoms with Crippen LogP contribution in [0.15, 0.2) is 29.0 Å². The van der Waals surface area contributed by atoms with Gasteiger partial charge in [0, 0.05) is 22.8 Å². The van der Waals surface area contributed by atoms with E-state index in [2.05, 4.69) is 38.4 Å². The first kappa shape index (κ1) is 16.2. The SMILES string of the molecule is CCNC(=O)NC(=O)CN1CCc2sccc2[C@@H]1c1cccs1. The van der Waals surface area contributed by atoms with Gasteiger partial charge in [-0.25, -0.2) is 4.79 Å². The fraction of sp³-hybridized carbons (Fsp3) is 0.375. The van der Waals surface area contributed by atoms with Gasteiger partial charge in [-0.15, -0.1) is 22.7 Å². The van der Waals surface area contributed by atoms with Crippen LogP contribution in [0.1, 0.15) is 28.3 Å². The van der Waals surface area contributed by atoms with Crippen molar-refractivity contribution in [3.05, 3.63) is 44.3 Å². The zero-order valence-corrected chi connectivity index (χ0v) is 14.5. The van der Waals surface area contributed by atoms with Crippen LogP contribution < -0.4 is 10.6 Å². The predicted octanol–water partition coefficient (Wildman–Crippen LogP) is 2.60. The number of hydrogen-bond donors (Lipinski definition) is 2. The van der Waals surface area contributed by atoms with Crippen molar-refractivity contribution in [2.75, 3.05) is 19.6 Å². The Bertz CT molecular complexity index is 681. The fourth-order valence-corrected chi connectivity index (χ4v) is 4.65. The van der Waals surface area contributed by atoms with Crippen LogP contribution in [-0.2, 0) is 11.2 Å². The lowest BCUT2D eigenvalue weighted by molar-refractivity contribution is -0.121. The maximum atomic E-state index is 12.2. The van der Waals surface area contributed by atoms with Crippen LogP contribution in [0.2, 0.25) is 0 Å². The topological polar surface area (TPSA) is 61.4 Å². The van der Waals surface area contributed by atoms with Crippen molar-refractivity contribution >= 4 is 34.6 Å². The maximum Gasteiger partial charge on any atom is 0.321 e. The van der Waals surface area contributed by atoms with E-state index in [1.54, 1.807) is 22.7 Å². The van der Waals surface area contributed by atoms with E-state index in [-0.39, 0.29) is 18.5 Å². The number of imide groups is 1. The number of nitrogens with one attached hydrogen (secondary N) is 2. The summed E-state index contributed by atoms with van der Waals surface area (Å²) in [5.41, 5.74) is 1.29. The van der Waals surface area contributed by atoms with Gasteiger partial charge in [0.2, 0.25) is 5.91 Å². The van der Waals surface area contributed by atoms with E-state index >= 15 is 0 Å². The number of fused-ring (bicyclic) bond motifs is 1. The van der Waals surface area contributed by atoms with Gasteiger partial charge in [-0.1, -0.05) is 6.07 Å². The highest BCUT2D eigenvalue weighted by molar-refractivity contribution is 7.10. The molecule has 0 aromatic carbocycles. The molecule has 0 saturated carbocycles. The van der Waals surface area contributed by atoms with Crippen LogP contribution in [0.5, 0.6) is 0 Å². The molecule has 0 radical (unpaired) electrons. The molecule has 1 atom stereocenters. The first-order valence-corrected chi connectivity index (χ1v) is 9.36. The zero-order chi connectivity index (χ0) is 16.2. The molecular formula is C16H19N3O2S2. The van der Waals surface area contributed by atoms with E-state index in [9.17, 15) is 9.59 Å². The monoisotopic (exact) mass is 349 g/mol. The van der Waals surface area contributed by atoms with E-state index < -0.39 is 6.03 Å². The van der Waals surface area contributed by atoms with Gasteiger partial charge in [-0.05, 0) is 41.8 Å². The Morgan fingerprint density at radius 1 is 1.30 bits per heavy atom. The minimum Gasteiger partial charge on any atom is -0.338 e. The lowest BCUT2D eigenvalue weighted by Crippen LogP contribution is -2.46. The van der Waals surface area contributed by atoms with Crippen molar-refractivity contribution in [3.63, 3.8) is 0 Å². The average Bonchev–Trinajstić information content (AvgIpc) is 3.18. The van der Waals surface area contributed by atoms with Gasteiger partial charge in [-0.3, -0.25) is 15.0 Å². The second kappa shape index (κ2) is 7.25. The molecule has 0 saturated heterocycles. The second-order valence-corrected chi connectivity index (χ2v) is 7.33. The van der Waals surface area contributed by atoms with Crippen LogP contribution in [0, 0.1) is 0 Å². The number of hydrogen-bond acceptors (Lipinski definition) is 5. The van der Waals surface area contributed by atoms with Crippen LogP contribution in [-0.4, -0.2) is 36.5 Å². The molecule has 3 heterocycles. The quantitative estimate of drug-likeness (QED) is 0.892. The smallest absolute Gasteiger partial charge is 0.321 e. The summed E-state index contributed by atoms with van der Waals surface area (Å²) in [6, 6.07) is 5.96. The van der Waals surface area contributed by atoms with Gasteiger partial charge in [0.05, 0.1) is 12.6 Å². The fourth-order valence-electron chi connectivity index (χ4n) is 2.87. The molecule has 2 aromatic rings. The molecule has 0 spiro atoms. The molecule has 0 unspecified atom stereocenters. The highest BCUT2D eigenvalue weighted by Crippen LogP contribution is 2.39. The minimum atomic E-state index is -0.432. The molecule has 3 amide bonds. The van der Waals surface area contributed by atoms with Crippen molar-refractivity contribution in [2.45, 2.75) is 19.4 Å². The van der Waals surface area contributed by atoms with E-state index in [4.69, 9.17) is 0 Å². The number of rotatable bonds is 4. The number of thiophene rings is 2. The Hall–Kier alpha value is -1.70. The lowest BCUT2D eigenvalue weighted by Gasteiger charge is -2.34. The summed E-state index contributed by atoms with van der Waals surface area (Å²) in [6.07, 6.45) is 0.948. The van der Waals surface area contributed by atoms with Gasteiger partial charge in [0.15, 0.2) is 0 Å². The highest BCUT2D eigenvalue weighted by Gasteiger charge is 2.31. The summed E-state index contributed by atoms with van der Waals surface area (Å²) in [5.74, 6) is -0.267. The molecule has 3 rings (SSSR count). The van der Waals surface area contributed by atoms with E-state index in [0.717, 1.165) is 13.0 Å². The number of carbonyl (C=O) groups excluding carboxylic acids is 2. The molecule has 1 aliphatic heterocycles. The van der Waals surface area contributed by atoms with Crippen molar-refractivity contribution < 1.29 is 9.59 Å². The minimum absolute atomic E-state index is 0.102. The second-order valence-electron chi connectivity index (χ2n) is 5.35. The van der Waals surface area contributed by atoms with Gasteiger partial charge in [0.25, 0.3) is 0 Å². The van der Waals surface area contributed by atoms with Crippen LogP contribution >= 0.6 is 22.7 Å². The number of carbonyl (C=O) groups is 2. The molecule has 122 valence electrons. The molecular weight excluding hydrogens is 330 g/mol. The van der Waals surface area contributed by atoms with Gasteiger partial charge < -0.3 is 5.32 Å². The van der Waals surface area contributed by atoms with Gasteiger partial charge in [-0.2, -0.15) is 0 Å². The normalized spacial score (nSPS) is 17.5. The third-order valence-electron chi connectivity index (χ3n) is 3.82. The Labute approximate surface area is 143 Å². The highest BCUT2D eigenvalue weighted by atomic mass is 32.1. The van der Waals surface area contributed by atoms with Crippen LogP contribution in [0.3, 0.4) is 0 Å². The number of urea groups is 1. The molecule has 0 bridgehead atoms. The predicted molar refractivity (Wildman–Crippen MR) is 93.0 cm³/mol. The molecule has 0 aliphatic carbocycles. The van der Waals surface area contributed by atoms with Crippen molar-refractivity contribution in [1.29, 1.82) is 0 Å². The Morgan fingerprint density at radius 3 is 2.91 bits per heavy atom. The Morgan fingerprint density at radius 2 is 2.17 bits per heavy atom. The summed E-state index contributed by atoms with van der Waals surface area (Å²) >= 11 is 3.48. The standard InChI is InChI=1S/C16H19N3O2S2/c1-2-17-16(21)18-14(20)10-19-7-5-12-11(6-9-23-12)15(19)13-4-3-8-22-13/h3-4,6,8-9,15H,2,5,7,10H2,1H3,(H2,17,18,20,21)/t15-/m1/s1. The molecule has 0 fully saturated rings. The molecule has 2 N–H and O–H groups in total. The number of nitrogens with zero attached hydrogens (tertiary/aromatic N) is 1. The third kappa shape index (κ3) is 3.63. The largest absolute Gasteiger partial charge is 0.338 e. The summed E-state index contributed by atoms with van der Waals surface area (Å²) in [5, 5.41) is 9.14. The van der Waals surface area contributed by atoms with Crippen molar-refractivity contribution in [1.82, 2.24) is 15.5 Å². The van der Waals surface area contributed by atoms with E-state index in [1.165, 1.54) is 15.3 Å². The Balaban J connectivity index is 1.76. The summed E-state index contributed by atoms with van der Waals surface area (Å²) in [4.78, 5) is 28.4. The van der Waals surface area contributed by atoms with Gasteiger partial charge in [0.1, 0.15) is 0 Å². The number of amides is 3. The molecule has 1 aliphatic rings. The van der Waals surface area contributed by atoms with E-state index in [1.807, 2.05) is 13.0 Å². The van der Waals surface area contributed by atoms with E-state index in [0.29, 0.717) is 6.54 Å². The van der Waals surface area contributed by atoms with Crippen molar-refractivity contribution in [2.24, 2.45) is 0 Å². The first-order chi connectivity index (χ1) is 11.2. The van der Waals surface area contributed by atoms with Gasteiger partial charge >= 0.3 is 6.03 Å².